The number of benzene rings is 1. The van der Waals surface area contributed by atoms with Gasteiger partial charge in [0, 0.05) is 16.2 Å². The van der Waals surface area contributed by atoms with Crippen molar-refractivity contribution in [3.05, 3.63) is 45.2 Å². The van der Waals surface area contributed by atoms with Crippen molar-refractivity contribution in [2.45, 2.75) is 46.6 Å². The van der Waals surface area contributed by atoms with Crippen LogP contribution in [0, 0.1) is 13.8 Å². The van der Waals surface area contributed by atoms with Crippen molar-refractivity contribution in [1.29, 1.82) is 0 Å². The number of nitrogens with zero attached hydrogens (tertiary/aromatic N) is 2. The number of aromatic nitrogens is 2. The molecule has 1 heterocycles. The van der Waals surface area contributed by atoms with Crippen LogP contribution < -0.4 is 5.73 Å². The molecule has 4 heteroatoms. The van der Waals surface area contributed by atoms with Gasteiger partial charge in [-0.25, -0.2) is 4.68 Å². The molecule has 20 heavy (non-hydrogen) atoms. The van der Waals surface area contributed by atoms with Crippen LogP contribution in [0.5, 0.6) is 0 Å². The highest BCUT2D eigenvalue weighted by Crippen LogP contribution is 2.24. The molecule has 2 rings (SSSR count). The van der Waals surface area contributed by atoms with Gasteiger partial charge >= 0.3 is 0 Å². The molecule has 0 aliphatic rings. The third-order valence-corrected chi connectivity index (χ3v) is 4.36. The summed E-state index contributed by atoms with van der Waals surface area (Å²) < 4.78 is 3.12. The summed E-state index contributed by atoms with van der Waals surface area (Å²) in [5.41, 5.74) is 11.9. The lowest BCUT2D eigenvalue weighted by Crippen LogP contribution is -2.18. The highest BCUT2D eigenvalue weighted by molar-refractivity contribution is 9.10. The lowest BCUT2D eigenvalue weighted by atomic mass is 10.1. The van der Waals surface area contributed by atoms with Gasteiger partial charge in [0.05, 0.1) is 11.4 Å². The summed E-state index contributed by atoms with van der Waals surface area (Å²) in [4.78, 5) is 0. The molecule has 1 atom stereocenters. The van der Waals surface area contributed by atoms with Gasteiger partial charge in [-0.1, -0.05) is 28.9 Å². The van der Waals surface area contributed by atoms with Gasteiger partial charge in [0.25, 0.3) is 0 Å². The van der Waals surface area contributed by atoms with E-state index in [-0.39, 0.29) is 6.04 Å². The van der Waals surface area contributed by atoms with Gasteiger partial charge in [-0.15, -0.1) is 0 Å². The normalized spacial score (nSPS) is 12.7. The van der Waals surface area contributed by atoms with Crippen molar-refractivity contribution >= 4 is 15.9 Å². The second kappa shape index (κ2) is 6.10. The summed E-state index contributed by atoms with van der Waals surface area (Å²) in [5, 5.41) is 4.65. The monoisotopic (exact) mass is 335 g/mol. The Morgan fingerprint density at radius 2 is 2.05 bits per heavy atom. The number of aryl methyl sites for hydroxylation is 1. The molecule has 2 N–H and O–H groups in total. The van der Waals surface area contributed by atoms with Crippen molar-refractivity contribution in [3.63, 3.8) is 0 Å². The fourth-order valence-electron chi connectivity index (χ4n) is 2.62. The molecule has 0 fully saturated rings. The van der Waals surface area contributed by atoms with Crippen LogP contribution in [0.25, 0.3) is 5.69 Å². The third-order valence-electron chi connectivity index (χ3n) is 3.62. The van der Waals surface area contributed by atoms with Gasteiger partial charge in [0.1, 0.15) is 0 Å². The van der Waals surface area contributed by atoms with Gasteiger partial charge in [0.2, 0.25) is 0 Å². The van der Waals surface area contributed by atoms with Crippen molar-refractivity contribution in [2.75, 3.05) is 0 Å². The van der Waals surface area contributed by atoms with Gasteiger partial charge in [-0.05, 0) is 56.9 Å². The van der Waals surface area contributed by atoms with Crippen molar-refractivity contribution in [2.24, 2.45) is 5.73 Å². The van der Waals surface area contributed by atoms with Crippen molar-refractivity contribution in [1.82, 2.24) is 9.78 Å². The van der Waals surface area contributed by atoms with Crippen LogP contribution in [0.4, 0.5) is 0 Å². The molecular weight excluding hydrogens is 314 g/mol. The minimum atomic E-state index is 0.164. The van der Waals surface area contributed by atoms with Crippen LogP contribution in [-0.4, -0.2) is 15.8 Å². The van der Waals surface area contributed by atoms with Crippen LogP contribution in [0.1, 0.15) is 36.4 Å². The largest absolute Gasteiger partial charge is 0.328 e. The Morgan fingerprint density at radius 1 is 1.35 bits per heavy atom. The number of rotatable bonds is 4. The predicted octanol–water partition coefficient (Wildman–Crippen LogP) is 3.70. The first kappa shape index (κ1) is 15.3. The Bertz CT molecular complexity index is 614. The van der Waals surface area contributed by atoms with E-state index in [1.165, 1.54) is 16.8 Å². The summed E-state index contributed by atoms with van der Waals surface area (Å²) in [6.07, 6.45) is 1.89. The molecule has 0 radical (unpaired) electrons. The number of hydrogen-bond donors (Lipinski definition) is 1. The zero-order valence-corrected chi connectivity index (χ0v) is 14.2. The van der Waals surface area contributed by atoms with Crippen molar-refractivity contribution in [3.8, 4) is 5.69 Å². The number of halogens is 1. The summed E-state index contributed by atoms with van der Waals surface area (Å²) in [6, 6.07) is 6.53. The van der Waals surface area contributed by atoms with Crippen LogP contribution in [0.3, 0.4) is 0 Å². The van der Waals surface area contributed by atoms with Crippen LogP contribution in [0.15, 0.2) is 22.7 Å². The molecule has 0 bridgehead atoms. The van der Waals surface area contributed by atoms with E-state index in [9.17, 15) is 0 Å². The van der Waals surface area contributed by atoms with E-state index in [1.54, 1.807) is 0 Å². The third kappa shape index (κ3) is 2.96. The second-order valence-electron chi connectivity index (χ2n) is 5.37. The van der Waals surface area contributed by atoms with Gasteiger partial charge in [-0.2, -0.15) is 5.10 Å². The Balaban J connectivity index is 2.42. The maximum atomic E-state index is 5.87. The van der Waals surface area contributed by atoms with Gasteiger partial charge in [-0.3, -0.25) is 0 Å². The van der Waals surface area contributed by atoms with Gasteiger partial charge < -0.3 is 5.73 Å². The summed E-state index contributed by atoms with van der Waals surface area (Å²) >= 11 is 3.64. The van der Waals surface area contributed by atoms with Crippen LogP contribution >= 0.6 is 15.9 Å². The fourth-order valence-corrected chi connectivity index (χ4v) is 3.15. The summed E-state index contributed by atoms with van der Waals surface area (Å²) in [7, 11) is 0. The Labute approximate surface area is 129 Å². The highest BCUT2D eigenvalue weighted by atomic mass is 79.9. The zero-order chi connectivity index (χ0) is 14.9. The maximum Gasteiger partial charge on any atom is 0.0660 e. The molecule has 0 amide bonds. The first-order valence-electron chi connectivity index (χ1n) is 7.03. The molecule has 108 valence electrons. The highest BCUT2D eigenvalue weighted by Gasteiger charge is 2.12. The van der Waals surface area contributed by atoms with E-state index in [0.717, 1.165) is 28.7 Å². The molecule has 1 aromatic carbocycles. The smallest absolute Gasteiger partial charge is 0.0660 e. The van der Waals surface area contributed by atoms with E-state index >= 15 is 0 Å². The molecule has 0 saturated heterocycles. The lowest BCUT2D eigenvalue weighted by molar-refractivity contribution is 0.735. The molecule has 0 aliphatic heterocycles. The number of hydrogen-bond acceptors (Lipinski definition) is 2. The topological polar surface area (TPSA) is 43.8 Å². The average Bonchev–Trinajstić information content (AvgIpc) is 2.66. The maximum absolute atomic E-state index is 5.87. The molecule has 2 aromatic rings. The predicted molar refractivity (Wildman–Crippen MR) is 87.5 cm³/mol. The second-order valence-corrected chi connectivity index (χ2v) is 6.23. The zero-order valence-electron chi connectivity index (χ0n) is 12.6. The molecular formula is C16H22BrN3. The minimum absolute atomic E-state index is 0.164. The molecule has 0 saturated carbocycles. The molecule has 0 aliphatic carbocycles. The molecule has 0 spiro atoms. The average molecular weight is 336 g/mol. The van der Waals surface area contributed by atoms with Gasteiger partial charge in [0.15, 0.2) is 0 Å². The summed E-state index contributed by atoms with van der Waals surface area (Å²) in [6.45, 7) is 8.39. The van der Waals surface area contributed by atoms with Crippen LogP contribution in [0.2, 0.25) is 0 Å². The number of nitrogens with two attached hydrogens (primary N) is 1. The van der Waals surface area contributed by atoms with E-state index in [0.29, 0.717) is 0 Å². The first-order chi connectivity index (χ1) is 9.43. The lowest BCUT2D eigenvalue weighted by Gasteiger charge is -2.11. The Hall–Kier alpha value is -1.13. The molecule has 3 nitrogen and oxygen atoms in total. The van der Waals surface area contributed by atoms with Crippen molar-refractivity contribution < 1.29 is 0 Å². The van der Waals surface area contributed by atoms with Crippen LogP contribution in [-0.2, 0) is 12.8 Å². The quantitative estimate of drug-likeness (QED) is 0.925. The van der Waals surface area contributed by atoms with E-state index in [1.807, 2.05) is 11.6 Å². The van der Waals surface area contributed by atoms with E-state index in [4.69, 9.17) is 5.73 Å². The summed E-state index contributed by atoms with van der Waals surface area (Å²) in [5.74, 6) is 0. The Morgan fingerprint density at radius 3 is 2.55 bits per heavy atom. The van der Waals surface area contributed by atoms with E-state index < -0.39 is 0 Å². The SMILES string of the molecule is CCc1c(C)nn(-c2ccc(CC(C)N)c(Br)c2)c1C. The molecule has 1 unspecified atom stereocenters. The fraction of sp³-hybridized carbons (Fsp3) is 0.438. The molecule has 1 aromatic heterocycles. The Kier molecular flexibility index (Phi) is 4.66. The first-order valence-corrected chi connectivity index (χ1v) is 7.82. The minimum Gasteiger partial charge on any atom is -0.328 e. The standard InChI is InChI=1S/C16H22BrN3/c1-5-15-11(3)19-20(12(15)4)14-7-6-13(8-10(2)18)16(17)9-14/h6-7,9-10H,5,8,18H2,1-4H3. The van der Waals surface area contributed by atoms with E-state index in [2.05, 4.69) is 60.0 Å².